The van der Waals surface area contributed by atoms with E-state index in [2.05, 4.69) is 36.7 Å². The first kappa shape index (κ1) is 28.4. The molecule has 1 aliphatic rings. The molecule has 9 heteroatoms. The molecule has 1 aliphatic heterocycles. The largest absolute Gasteiger partial charge is 0.493 e. The van der Waals surface area contributed by atoms with Gasteiger partial charge in [0.15, 0.2) is 16.3 Å². The fraction of sp³-hybridized carbons (Fsp3) is 0.344. The van der Waals surface area contributed by atoms with Crippen molar-refractivity contribution in [2.75, 3.05) is 13.7 Å². The Morgan fingerprint density at radius 2 is 1.88 bits per heavy atom. The summed E-state index contributed by atoms with van der Waals surface area (Å²) in [5.41, 5.74) is 3.36. The molecule has 2 aromatic heterocycles. The van der Waals surface area contributed by atoms with Crippen molar-refractivity contribution >= 4 is 34.3 Å². The van der Waals surface area contributed by atoms with Crippen molar-refractivity contribution in [1.29, 1.82) is 0 Å². The van der Waals surface area contributed by atoms with Gasteiger partial charge in [0, 0.05) is 28.7 Å². The minimum absolute atomic E-state index is 0.0497. The molecule has 41 heavy (non-hydrogen) atoms. The fourth-order valence-electron chi connectivity index (χ4n) is 5.23. The molecule has 0 radical (unpaired) electrons. The summed E-state index contributed by atoms with van der Waals surface area (Å²) in [5.74, 6) is 0.589. The van der Waals surface area contributed by atoms with E-state index in [1.54, 1.807) is 25.5 Å². The van der Waals surface area contributed by atoms with E-state index in [9.17, 15) is 9.59 Å². The predicted molar refractivity (Wildman–Crippen MR) is 161 cm³/mol. The van der Waals surface area contributed by atoms with Crippen LogP contribution in [0, 0.1) is 0 Å². The number of methoxy groups -OCH3 is 1. The normalized spacial score (nSPS) is 15.4. The second-order valence-electron chi connectivity index (χ2n) is 10.5. The summed E-state index contributed by atoms with van der Waals surface area (Å²) in [7, 11) is 1.57. The fourth-order valence-corrected chi connectivity index (χ4v) is 6.27. The van der Waals surface area contributed by atoms with E-state index in [0.717, 1.165) is 16.5 Å². The lowest BCUT2D eigenvalue weighted by Crippen LogP contribution is -2.40. The van der Waals surface area contributed by atoms with Crippen molar-refractivity contribution in [2.45, 2.75) is 59.7 Å². The topological polar surface area (TPSA) is 84.1 Å². The number of thiazole rings is 1. The average molecular weight is 574 g/mol. The number of para-hydroxylation sites is 1. The maximum Gasteiger partial charge on any atom is 0.338 e. The van der Waals surface area contributed by atoms with Crippen LogP contribution in [0.4, 0.5) is 0 Å². The van der Waals surface area contributed by atoms with Crippen LogP contribution in [-0.2, 0) is 9.53 Å². The molecule has 1 atom stereocenters. The average Bonchev–Trinajstić information content (AvgIpc) is 3.45. The van der Waals surface area contributed by atoms with Gasteiger partial charge in [0.05, 0.1) is 41.7 Å². The van der Waals surface area contributed by atoms with Crippen LogP contribution in [-0.4, -0.2) is 34.9 Å². The molecule has 0 aliphatic carbocycles. The maximum atomic E-state index is 14.1. The third-order valence-electron chi connectivity index (χ3n) is 7.00. The summed E-state index contributed by atoms with van der Waals surface area (Å²) in [6.45, 7) is 11.9. The number of hydrogen-bond donors (Lipinski definition) is 0. The van der Waals surface area contributed by atoms with Gasteiger partial charge in [-0.1, -0.05) is 35.6 Å². The van der Waals surface area contributed by atoms with Gasteiger partial charge in [-0.25, -0.2) is 9.79 Å². The lowest BCUT2D eigenvalue weighted by molar-refractivity contribution is -0.139. The third kappa shape index (κ3) is 5.22. The summed E-state index contributed by atoms with van der Waals surface area (Å²) >= 11 is 1.31. The van der Waals surface area contributed by atoms with E-state index in [1.807, 2.05) is 50.3 Å². The van der Waals surface area contributed by atoms with Crippen LogP contribution in [0.1, 0.15) is 64.8 Å². The monoisotopic (exact) mass is 573 g/mol. The van der Waals surface area contributed by atoms with Gasteiger partial charge in [-0.15, -0.1) is 0 Å². The van der Waals surface area contributed by atoms with Crippen molar-refractivity contribution in [1.82, 2.24) is 9.13 Å². The zero-order valence-corrected chi connectivity index (χ0v) is 25.2. The Hall–Kier alpha value is -4.11. The van der Waals surface area contributed by atoms with Crippen molar-refractivity contribution in [3.8, 4) is 11.5 Å². The number of carbonyl (C=O) groups excluding carboxylic acids is 1. The molecule has 0 saturated heterocycles. The van der Waals surface area contributed by atoms with Gasteiger partial charge < -0.3 is 18.8 Å². The SMILES string of the molecule is CCOC(=O)C1=C(C)N=c2sc(=Cc3cn(C(C)C)c4ccccc34)c(=O)n2C1c1ccc(OC(C)C)c(OC)c1. The first-order valence-electron chi connectivity index (χ1n) is 13.8. The van der Waals surface area contributed by atoms with Crippen molar-refractivity contribution in [3.63, 3.8) is 0 Å². The lowest BCUT2D eigenvalue weighted by Gasteiger charge is -2.25. The zero-order chi connectivity index (χ0) is 29.4. The van der Waals surface area contributed by atoms with Gasteiger partial charge in [0.1, 0.15) is 0 Å². The van der Waals surface area contributed by atoms with Crippen molar-refractivity contribution in [2.24, 2.45) is 4.99 Å². The summed E-state index contributed by atoms with van der Waals surface area (Å²) in [6, 6.07) is 13.2. The molecule has 0 N–H and O–H groups in total. The van der Waals surface area contributed by atoms with Gasteiger partial charge in [-0.3, -0.25) is 9.36 Å². The Morgan fingerprint density at radius 1 is 1.12 bits per heavy atom. The Labute approximate surface area is 242 Å². The molecule has 2 aromatic carbocycles. The van der Waals surface area contributed by atoms with Crippen LogP contribution < -0.4 is 24.4 Å². The number of allylic oxidation sites excluding steroid dienone is 1. The number of ether oxygens (including phenoxy) is 3. The van der Waals surface area contributed by atoms with E-state index in [4.69, 9.17) is 19.2 Å². The first-order chi connectivity index (χ1) is 19.6. The highest BCUT2D eigenvalue weighted by Gasteiger charge is 2.34. The standard InChI is InChI=1S/C32H35N3O5S/c1-8-39-31(37)28-20(6)33-32-35(29(28)21-13-14-25(40-19(4)5)26(15-21)38-7)30(36)27(41-32)16-22-17-34(18(2)3)24-12-10-9-11-23(22)24/h9-19,29H,8H2,1-7H3. The molecule has 5 rings (SSSR count). The zero-order valence-electron chi connectivity index (χ0n) is 24.4. The Morgan fingerprint density at radius 3 is 2.56 bits per heavy atom. The van der Waals surface area contributed by atoms with Gasteiger partial charge in [-0.2, -0.15) is 0 Å². The lowest BCUT2D eigenvalue weighted by atomic mass is 9.95. The third-order valence-corrected chi connectivity index (χ3v) is 7.98. The van der Waals surface area contributed by atoms with E-state index in [-0.39, 0.29) is 24.3 Å². The number of hydrogen-bond acceptors (Lipinski definition) is 7. The summed E-state index contributed by atoms with van der Waals surface area (Å²) in [5, 5.41) is 1.07. The van der Waals surface area contributed by atoms with Crippen LogP contribution in [0.25, 0.3) is 17.0 Å². The Balaban J connectivity index is 1.73. The van der Waals surface area contributed by atoms with Gasteiger partial charge >= 0.3 is 5.97 Å². The van der Waals surface area contributed by atoms with E-state index < -0.39 is 12.0 Å². The molecule has 8 nitrogen and oxygen atoms in total. The maximum absolute atomic E-state index is 14.1. The number of benzene rings is 2. The minimum atomic E-state index is -0.744. The number of aromatic nitrogens is 2. The molecular formula is C32H35N3O5S. The molecule has 0 amide bonds. The highest BCUT2D eigenvalue weighted by atomic mass is 32.1. The quantitative estimate of drug-likeness (QED) is 0.273. The van der Waals surface area contributed by atoms with Crippen LogP contribution in [0.5, 0.6) is 11.5 Å². The second kappa shape index (κ2) is 11.4. The van der Waals surface area contributed by atoms with Gasteiger partial charge in [-0.05, 0) is 71.4 Å². The van der Waals surface area contributed by atoms with Crippen LogP contribution in [0.3, 0.4) is 0 Å². The number of esters is 1. The number of rotatable bonds is 8. The number of carbonyl (C=O) groups is 1. The molecule has 3 heterocycles. The van der Waals surface area contributed by atoms with Crippen LogP contribution in [0.15, 0.2) is 69.7 Å². The molecule has 0 bridgehead atoms. The Kier molecular flexibility index (Phi) is 7.91. The number of nitrogens with zero attached hydrogens (tertiary/aromatic N) is 3. The molecule has 0 spiro atoms. The summed E-state index contributed by atoms with van der Waals surface area (Å²) in [4.78, 5) is 32.6. The minimum Gasteiger partial charge on any atom is -0.493 e. The van der Waals surface area contributed by atoms with Crippen LogP contribution >= 0.6 is 11.3 Å². The second-order valence-corrected chi connectivity index (χ2v) is 11.5. The molecule has 1 unspecified atom stereocenters. The molecule has 214 valence electrons. The van der Waals surface area contributed by atoms with E-state index in [0.29, 0.717) is 37.7 Å². The van der Waals surface area contributed by atoms with Crippen molar-refractivity contribution < 1.29 is 19.0 Å². The van der Waals surface area contributed by atoms with Crippen molar-refractivity contribution in [3.05, 3.63) is 90.7 Å². The molecular weight excluding hydrogens is 538 g/mol. The first-order valence-corrected chi connectivity index (χ1v) is 14.6. The van der Waals surface area contributed by atoms with Crippen LogP contribution in [0.2, 0.25) is 0 Å². The smallest absolute Gasteiger partial charge is 0.338 e. The predicted octanol–water partition coefficient (Wildman–Crippen LogP) is 5.13. The number of fused-ring (bicyclic) bond motifs is 2. The molecule has 0 saturated carbocycles. The summed E-state index contributed by atoms with van der Waals surface area (Å²) in [6.07, 6.45) is 3.95. The van der Waals surface area contributed by atoms with Gasteiger partial charge in [0.2, 0.25) is 0 Å². The Bertz CT molecular complexity index is 1840. The highest BCUT2D eigenvalue weighted by Crippen LogP contribution is 2.36. The summed E-state index contributed by atoms with van der Waals surface area (Å²) < 4.78 is 21.3. The van der Waals surface area contributed by atoms with E-state index >= 15 is 0 Å². The highest BCUT2D eigenvalue weighted by molar-refractivity contribution is 7.07. The molecule has 4 aromatic rings. The molecule has 0 fully saturated rings. The van der Waals surface area contributed by atoms with E-state index in [1.165, 1.54) is 11.3 Å². The van der Waals surface area contributed by atoms with Gasteiger partial charge in [0.25, 0.3) is 5.56 Å².